The third-order valence-electron chi connectivity index (χ3n) is 7.18. The molecule has 1 heterocycles. The van der Waals surface area contributed by atoms with E-state index in [2.05, 4.69) is 51.7 Å². The number of aliphatic hydroxyl groups is 1. The maximum Gasteiger partial charge on any atom is 0.130 e. The molecule has 2 unspecified atom stereocenters. The number of nitrogens with zero attached hydrogens (tertiary/aromatic N) is 1. The molecule has 0 amide bonds. The highest BCUT2D eigenvalue weighted by atomic mass is 16.5. The molecule has 1 fully saturated rings. The van der Waals surface area contributed by atoms with Gasteiger partial charge in [-0.2, -0.15) is 0 Å². The van der Waals surface area contributed by atoms with E-state index in [1.807, 2.05) is 31.2 Å². The lowest BCUT2D eigenvalue weighted by molar-refractivity contribution is -0.0196. The number of hydrogen-bond acceptors (Lipinski definition) is 4. The Balaban J connectivity index is 2.22. The highest BCUT2D eigenvalue weighted by Crippen LogP contribution is 2.43. The van der Waals surface area contributed by atoms with E-state index < -0.39 is 5.60 Å². The average molecular weight is 454 g/mol. The quantitative estimate of drug-likeness (QED) is 0.474. The molecule has 1 N–H and O–H groups in total. The molecule has 2 aromatic carbocycles. The van der Waals surface area contributed by atoms with E-state index in [1.54, 1.807) is 7.11 Å². The SMILES string of the molecule is CCOc1ccc(C(O)(c2cc(C(C)C)c(OC)c(C(C)C)c2)C(C)N2CCCCC2)cc1. The van der Waals surface area contributed by atoms with Crippen molar-refractivity contribution in [3.63, 3.8) is 0 Å². The van der Waals surface area contributed by atoms with Crippen LogP contribution in [0.25, 0.3) is 0 Å². The molecule has 1 saturated heterocycles. The van der Waals surface area contributed by atoms with Crippen molar-refractivity contribution in [3.05, 3.63) is 58.7 Å². The second-order valence-electron chi connectivity index (χ2n) is 9.99. The highest BCUT2D eigenvalue weighted by molar-refractivity contribution is 5.52. The summed E-state index contributed by atoms with van der Waals surface area (Å²) < 4.78 is 11.6. The van der Waals surface area contributed by atoms with Gasteiger partial charge in [-0.1, -0.05) is 46.2 Å². The number of likely N-dealkylation sites (tertiary alicyclic amines) is 1. The summed E-state index contributed by atoms with van der Waals surface area (Å²) in [5.74, 6) is 2.35. The van der Waals surface area contributed by atoms with Gasteiger partial charge in [-0.05, 0) is 98.1 Å². The van der Waals surface area contributed by atoms with Gasteiger partial charge in [-0.25, -0.2) is 0 Å². The van der Waals surface area contributed by atoms with Crippen molar-refractivity contribution in [3.8, 4) is 11.5 Å². The fraction of sp³-hybridized carbons (Fsp3) is 0.586. The maximum atomic E-state index is 12.6. The number of benzene rings is 2. The monoisotopic (exact) mass is 453 g/mol. The van der Waals surface area contributed by atoms with E-state index >= 15 is 0 Å². The van der Waals surface area contributed by atoms with Crippen LogP contribution in [0.4, 0.5) is 0 Å². The minimum atomic E-state index is -1.15. The van der Waals surface area contributed by atoms with Crippen molar-refractivity contribution in [1.82, 2.24) is 4.90 Å². The summed E-state index contributed by atoms with van der Waals surface area (Å²) >= 11 is 0. The molecular formula is C29H43NO3. The molecule has 0 aliphatic carbocycles. The van der Waals surface area contributed by atoms with Crippen molar-refractivity contribution in [2.45, 2.75) is 84.3 Å². The number of ether oxygens (including phenoxy) is 2. The first-order chi connectivity index (χ1) is 15.7. The number of hydrogen-bond donors (Lipinski definition) is 1. The third-order valence-corrected chi connectivity index (χ3v) is 7.18. The van der Waals surface area contributed by atoms with Crippen molar-refractivity contribution < 1.29 is 14.6 Å². The molecule has 0 bridgehead atoms. The molecule has 0 saturated carbocycles. The van der Waals surface area contributed by atoms with E-state index in [0.717, 1.165) is 46.8 Å². The summed E-state index contributed by atoms with van der Waals surface area (Å²) in [4.78, 5) is 2.45. The van der Waals surface area contributed by atoms with Gasteiger partial charge < -0.3 is 14.6 Å². The minimum absolute atomic E-state index is 0.0656. The van der Waals surface area contributed by atoms with E-state index in [-0.39, 0.29) is 17.9 Å². The van der Waals surface area contributed by atoms with Gasteiger partial charge >= 0.3 is 0 Å². The summed E-state index contributed by atoms with van der Waals surface area (Å²) in [5, 5.41) is 12.6. The molecule has 1 aliphatic rings. The Morgan fingerprint density at radius 2 is 1.42 bits per heavy atom. The van der Waals surface area contributed by atoms with Gasteiger partial charge in [-0.3, -0.25) is 4.90 Å². The molecule has 3 rings (SSSR count). The van der Waals surface area contributed by atoms with E-state index in [4.69, 9.17) is 9.47 Å². The summed E-state index contributed by atoms with van der Waals surface area (Å²) in [6.45, 7) is 15.6. The highest BCUT2D eigenvalue weighted by Gasteiger charge is 2.42. The van der Waals surface area contributed by atoms with Crippen LogP contribution in [-0.4, -0.2) is 42.9 Å². The largest absolute Gasteiger partial charge is 0.496 e. The number of piperidine rings is 1. The average Bonchev–Trinajstić information content (AvgIpc) is 2.83. The Morgan fingerprint density at radius 3 is 1.88 bits per heavy atom. The van der Waals surface area contributed by atoms with Crippen LogP contribution < -0.4 is 9.47 Å². The Kier molecular flexibility index (Phi) is 8.47. The Morgan fingerprint density at radius 1 is 0.879 bits per heavy atom. The van der Waals surface area contributed by atoms with Crippen molar-refractivity contribution in [1.29, 1.82) is 0 Å². The van der Waals surface area contributed by atoms with E-state index in [9.17, 15) is 5.11 Å². The normalized spacial score (nSPS) is 17.8. The molecular weight excluding hydrogens is 410 g/mol. The van der Waals surface area contributed by atoms with E-state index in [1.165, 1.54) is 19.3 Å². The summed E-state index contributed by atoms with van der Waals surface area (Å²) in [6.07, 6.45) is 3.63. The van der Waals surface area contributed by atoms with Gasteiger partial charge in [0.05, 0.1) is 13.7 Å². The van der Waals surface area contributed by atoms with Crippen LogP contribution in [-0.2, 0) is 5.60 Å². The molecule has 1 aliphatic heterocycles. The molecule has 0 aromatic heterocycles. The lowest BCUT2D eigenvalue weighted by Gasteiger charge is -2.44. The second kappa shape index (κ2) is 10.9. The number of rotatable bonds is 9. The minimum Gasteiger partial charge on any atom is -0.496 e. The van der Waals surface area contributed by atoms with Crippen molar-refractivity contribution in [2.24, 2.45) is 0 Å². The fourth-order valence-electron chi connectivity index (χ4n) is 5.18. The zero-order chi connectivity index (χ0) is 24.2. The first kappa shape index (κ1) is 25.6. The molecule has 4 heteroatoms. The summed E-state index contributed by atoms with van der Waals surface area (Å²) in [6, 6.07) is 12.3. The molecule has 0 spiro atoms. The Bertz CT molecular complexity index is 871. The van der Waals surface area contributed by atoms with Crippen LogP contribution in [0.15, 0.2) is 36.4 Å². The zero-order valence-corrected chi connectivity index (χ0v) is 21.6. The predicted octanol–water partition coefficient (Wildman–Crippen LogP) is 6.45. The Labute approximate surface area is 200 Å². The lowest BCUT2D eigenvalue weighted by atomic mass is 9.77. The Hall–Kier alpha value is -2.04. The lowest BCUT2D eigenvalue weighted by Crippen LogP contribution is -2.51. The van der Waals surface area contributed by atoms with Gasteiger partial charge in [-0.15, -0.1) is 0 Å². The van der Waals surface area contributed by atoms with Crippen LogP contribution >= 0.6 is 0 Å². The summed E-state index contributed by atoms with van der Waals surface area (Å²) in [7, 11) is 1.75. The fourth-order valence-corrected chi connectivity index (χ4v) is 5.18. The van der Waals surface area contributed by atoms with Crippen LogP contribution in [0.1, 0.15) is 94.9 Å². The van der Waals surface area contributed by atoms with Crippen molar-refractivity contribution >= 4 is 0 Å². The molecule has 33 heavy (non-hydrogen) atoms. The molecule has 2 atom stereocenters. The summed E-state index contributed by atoms with van der Waals surface area (Å²) in [5.41, 5.74) is 2.99. The maximum absolute atomic E-state index is 12.6. The van der Waals surface area contributed by atoms with Crippen LogP contribution in [0.5, 0.6) is 11.5 Å². The first-order valence-corrected chi connectivity index (χ1v) is 12.7. The van der Waals surface area contributed by atoms with Gasteiger partial charge in [0.25, 0.3) is 0 Å². The first-order valence-electron chi connectivity index (χ1n) is 12.7. The zero-order valence-electron chi connectivity index (χ0n) is 21.6. The standard InChI is InChI=1S/C29H43NO3/c1-8-33-25-14-12-23(13-15-25)29(31,22(6)30-16-10-9-11-17-30)24-18-26(20(2)3)28(32-7)27(19-24)21(4)5/h12-15,18-22,31H,8-11,16-17H2,1-7H3. The van der Waals surface area contributed by atoms with Crippen LogP contribution in [0.3, 0.4) is 0 Å². The van der Waals surface area contributed by atoms with Crippen LogP contribution in [0, 0.1) is 0 Å². The van der Waals surface area contributed by atoms with Crippen LogP contribution in [0.2, 0.25) is 0 Å². The van der Waals surface area contributed by atoms with Crippen molar-refractivity contribution in [2.75, 3.05) is 26.8 Å². The van der Waals surface area contributed by atoms with E-state index in [0.29, 0.717) is 6.61 Å². The van der Waals surface area contributed by atoms with Gasteiger partial charge in [0.1, 0.15) is 17.1 Å². The van der Waals surface area contributed by atoms with Gasteiger partial charge in [0, 0.05) is 6.04 Å². The predicted molar refractivity (Wildman–Crippen MR) is 137 cm³/mol. The third kappa shape index (κ3) is 5.22. The molecule has 2 aromatic rings. The molecule has 0 radical (unpaired) electrons. The van der Waals surface area contributed by atoms with Gasteiger partial charge in [0.2, 0.25) is 0 Å². The second-order valence-corrected chi connectivity index (χ2v) is 9.99. The number of methoxy groups -OCH3 is 1. The smallest absolute Gasteiger partial charge is 0.130 e. The molecule has 4 nitrogen and oxygen atoms in total. The van der Waals surface area contributed by atoms with Gasteiger partial charge in [0.15, 0.2) is 0 Å². The topological polar surface area (TPSA) is 41.9 Å². The molecule has 182 valence electrons.